The number of carbonyl (C=O) groups is 2. The number of nitrogens with two attached hydrogens (primary N) is 2. The lowest BCUT2D eigenvalue weighted by molar-refractivity contribution is -0.141. The van der Waals surface area contributed by atoms with E-state index in [2.05, 4.69) is 87.2 Å². The molecule has 2 aliphatic carbocycles. The van der Waals surface area contributed by atoms with Crippen LogP contribution in [-0.4, -0.2) is 98.8 Å². The Labute approximate surface area is 314 Å². The summed E-state index contributed by atoms with van der Waals surface area (Å²) in [5.74, 6) is 2.40. The van der Waals surface area contributed by atoms with Crippen molar-refractivity contribution >= 4 is 17.9 Å². The fourth-order valence-corrected chi connectivity index (χ4v) is 8.81. The number of hydrogen-bond acceptors (Lipinski definition) is 10. The van der Waals surface area contributed by atoms with Crippen molar-refractivity contribution < 1.29 is 19.8 Å². The molecular formula is C41H60N8O4. The van der Waals surface area contributed by atoms with Crippen molar-refractivity contribution in [1.29, 1.82) is 0 Å². The number of hydrogen-bond donors (Lipinski definition) is 7. The molecule has 7 atom stereocenters. The van der Waals surface area contributed by atoms with E-state index in [4.69, 9.17) is 26.7 Å². The van der Waals surface area contributed by atoms with Gasteiger partial charge in [-0.1, -0.05) is 48.5 Å². The highest BCUT2D eigenvalue weighted by molar-refractivity contribution is 5.86. The molecule has 5 aliphatic rings. The normalized spacial score (nSPS) is 27.0. The van der Waals surface area contributed by atoms with Gasteiger partial charge in [0.15, 0.2) is 0 Å². The third-order valence-electron chi connectivity index (χ3n) is 11.3. The third kappa shape index (κ3) is 8.52. The lowest BCUT2D eigenvalue weighted by Gasteiger charge is -2.41. The number of benzene rings is 2. The summed E-state index contributed by atoms with van der Waals surface area (Å²) in [5.41, 5.74) is 16.7. The number of aldehydes is 1. The minimum atomic E-state index is -0.862. The topological polar surface area (TPSA) is 186 Å². The Morgan fingerprint density at radius 3 is 1.91 bits per heavy atom. The fourth-order valence-electron chi connectivity index (χ4n) is 8.81. The van der Waals surface area contributed by atoms with Gasteiger partial charge in [0.2, 0.25) is 5.91 Å². The van der Waals surface area contributed by atoms with Gasteiger partial charge in [-0.3, -0.25) is 9.69 Å². The second kappa shape index (κ2) is 16.5. The third-order valence-corrected chi connectivity index (χ3v) is 11.3. The number of aromatic amines is 1. The summed E-state index contributed by atoms with van der Waals surface area (Å²) in [5, 5.41) is 21.2. The number of piperidine rings is 2. The van der Waals surface area contributed by atoms with Gasteiger partial charge in [0, 0.05) is 32.5 Å². The number of rotatable bonds is 7. The van der Waals surface area contributed by atoms with Crippen LogP contribution in [-0.2, 0) is 9.59 Å². The summed E-state index contributed by atoms with van der Waals surface area (Å²) in [4.78, 5) is 36.0. The Balaban J connectivity index is 0.000000489. The summed E-state index contributed by atoms with van der Waals surface area (Å²) in [6, 6.07) is 19.0. The van der Waals surface area contributed by atoms with Crippen LogP contribution in [0.1, 0.15) is 83.6 Å². The van der Waals surface area contributed by atoms with Crippen LogP contribution in [0.3, 0.4) is 0 Å². The van der Waals surface area contributed by atoms with E-state index in [1.165, 1.54) is 36.8 Å². The predicted molar refractivity (Wildman–Crippen MR) is 210 cm³/mol. The molecule has 12 heteroatoms. The van der Waals surface area contributed by atoms with Gasteiger partial charge in [-0.05, 0) is 107 Å². The molecule has 4 fully saturated rings. The molecule has 2 saturated carbocycles. The number of nitrogens with zero attached hydrogens (tertiary/aromatic N) is 3. The Bertz CT molecular complexity index is 1710. The zero-order chi connectivity index (χ0) is 38.7. The Morgan fingerprint density at radius 2 is 1.36 bits per heavy atom. The number of nitrogens with one attached hydrogen (secondary N) is 3. The van der Waals surface area contributed by atoms with Crippen molar-refractivity contribution in [3.8, 4) is 22.4 Å². The quantitative estimate of drug-likeness (QED) is 0.176. The fraction of sp³-hybridized carbons (Fsp3) is 0.537. The van der Waals surface area contributed by atoms with E-state index in [1.54, 1.807) is 13.8 Å². The molecule has 7 unspecified atom stereocenters. The lowest BCUT2D eigenvalue weighted by atomic mass is 9.93. The number of aromatic nitrogens is 2. The standard InChI is InChI=1S/C35H43N7O.C4H9NO.2CH4O/c1-35(2,36)34(43)42-27-15-13-25(17-27)31(42)33-38-19-29(40-33)23-10-6-21(7-11-23)20-4-8-22(9-5-20)28-18-37-32(39-28)30-24-12-14-26(16-24)41(30)3;1-4(2,5)3-6;2*1-2/h4-11,18-19,24-27,30-31,33,38,40H,12-17,36H2,1-3H3,(H,37,39);3H,5H2,1-2H3;2*2H,1H3. The zero-order valence-corrected chi connectivity index (χ0v) is 32.3. The van der Waals surface area contributed by atoms with Crippen LogP contribution in [0, 0.1) is 11.8 Å². The number of H-pyrrole nitrogens is 1. The van der Waals surface area contributed by atoms with Crippen LogP contribution in [0.4, 0.5) is 0 Å². The van der Waals surface area contributed by atoms with E-state index in [0.29, 0.717) is 24.3 Å². The summed E-state index contributed by atoms with van der Waals surface area (Å²) >= 11 is 0. The molecule has 8 rings (SSSR count). The number of imidazole rings is 1. The molecule has 4 bridgehead atoms. The largest absolute Gasteiger partial charge is 0.400 e. The number of aliphatic hydroxyl groups is 2. The minimum absolute atomic E-state index is 0.00367. The van der Waals surface area contributed by atoms with E-state index >= 15 is 0 Å². The molecule has 288 valence electrons. The molecule has 12 nitrogen and oxygen atoms in total. The molecule has 4 heterocycles. The van der Waals surface area contributed by atoms with Gasteiger partial charge in [-0.15, -0.1) is 0 Å². The predicted octanol–water partition coefficient (Wildman–Crippen LogP) is 3.97. The van der Waals surface area contributed by atoms with Gasteiger partial charge in [0.1, 0.15) is 18.3 Å². The Morgan fingerprint density at radius 1 is 0.830 bits per heavy atom. The summed E-state index contributed by atoms with van der Waals surface area (Å²) in [6.45, 7) is 6.94. The van der Waals surface area contributed by atoms with Crippen LogP contribution in [0.25, 0.3) is 28.1 Å². The summed E-state index contributed by atoms with van der Waals surface area (Å²) in [7, 11) is 4.25. The van der Waals surface area contributed by atoms with Crippen LogP contribution >= 0.6 is 0 Å². The van der Waals surface area contributed by atoms with Gasteiger partial charge in [0.25, 0.3) is 0 Å². The van der Waals surface area contributed by atoms with Crippen molar-refractivity contribution in [2.45, 2.75) is 108 Å². The first-order valence-electron chi connectivity index (χ1n) is 18.8. The first kappa shape index (κ1) is 40.1. The monoisotopic (exact) mass is 728 g/mol. The SMILES string of the molecule is CC(C)(N)C=O.CN1C2CCC(C2)C1c1ncc(-c2ccc(-c3ccc(C4=CNC(C5C6CCC(C6)N5C(=O)C(C)(C)N)N4)cc3)cc2)[nH]1.CO.CO. The van der Waals surface area contributed by atoms with Crippen molar-refractivity contribution in [3.05, 3.63) is 72.3 Å². The van der Waals surface area contributed by atoms with Gasteiger partial charge < -0.3 is 47.0 Å². The molecule has 0 radical (unpaired) electrons. The van der Waals surface area contributed by atoms with Crippen LogP contribution in [0.15, 0.2) is 60.9 Å². The lowest BCUT2D eigenvalue weighted by Crippen LogP contribution is -2.62. The molecular weight excluding hydrogens is 669 g/mol. The van der Waals surface area contributed by atoms with Gasteiger partial charge >= 0.3 is 0 Å². The number of carbonyl (C=O) groups excluding carboxylic acids is 2. The van der Waals surface area contributed by atoms with E-state index in [9.17, 15) is 9.59 Å². The molecule has 2 saturated heterocycles. The second-order valence-corrected chi connectivity index (χ2v) is 16.1. The minimum Gasteiger partial charge on any atom is -0.400 e. The number of aliphatic hydroxyl groups excluding tert-OH is 2. The van der Waals surface area contributed by atoms with Crippen molar-refractivity contribution in [2.75, 3.05) is 21.3 Å². The molecule has 1 amide bonds. The van der Waals surface area contributed by atoms with Gasteiger partial charge in [0.05, 0.1) is 40.7 Å². The molecule has 3 aliphatic heterocycles. The summed E-state index contributed by atoms with van der Waals surface area (Å²) < 4.78 is 0. The maximum absolute atomic E-state index is 13.3. The van der Waals surface area contributed by atoms with Crippen molar-refractivity contribution in [3.63, 3.8) is 0 Å². The zero-order valence-electron chi connectivity index (χ0n) is 32.3. The smallest absolute Gasteiger partial charge is 0.242 e. The summed E-state index contributed by atoms with van der Waals surface area (Å²) in [6.07, 6.45) is 12.1. The highest BCUT2D eigenvalue weighted by Gasteiger charge is 2.53. The van der Waals surface area contributed by atoms with E-state index in [1.807, 2.05) is 20.0 Å². The number of amides is 1. The van der Waals surface area contributed by atoms with Crippen LogP contribution < -0.4 is 22.1 Å². The Hall–Kier alpha value is -4.07. The van der Waals surface area contributed by atoms with Crippen molar-refractivity contribution in [2.24, 2.45) is 23.3 Å². The number of likely N-dealkylation sites (tertiary alicyclic amines) is 2. The van der Waals surface area contributed by atoms with Crippen molar-refractivity contribution in [1.82, 2.24) is 30.4 Å². The number of fused-ring (bicyclic) bond motifs is 4. The molecule has 53 heavy (non-hydrogen) atoms. The maximum atomic E-state index is 13.3. The van der Waals surface area contributed by atoms with Gasteiger partial charge in [-0.25, -0.2) is 4.98 Å². The van der Waals surface area contributed by atoms with E-state index < -0.39 is 11.1 Å². The second-order valence-electron chi connectivity index (χ2n) is 16.1. The maximum Gasteiger partial charge on any atom is 0.242 e. The molecule has 2 aromatic carbocycles. The van der Waals surface area contributed by atoms with Crippen LogP contribution in [0.5, 0.6) is 0 Å². The van der Waals surface area contributed by atoms with Crippen LogP contribution in [0.2, 0.25) is 0 Å². The van der Waals surface area contributed by atoms with E-state index in [-0.39, 0.29) is 18.1 Å². The molecule has 0 spiro atoms. The molecule has 9 N–H and O–H groups in total. The first-order chi connectivity index (χ1) is 25.3. The molecule has 1 aromatic heterocycles. The average Bonchev–Trinajstić information content (AvgIpc) is 4.03. The highest BCUT2D eigenvalue weighted by atomic mass is 16.2. The first-order valence-corrected chi connectivity index (χ1v) is 18.8. The average molecular weight is 729 g/mol. The van der Waals surface area contributed by atoms with E-state index in [0.717, 1.165) is 67.4 Å². The Kier molecular flexibility index (Phi) is 12.5. The highest BCUT2D eigenvalue weighted by Crippen LogP contribution is 2.49. The van der Waals surface area contributed by atoms with Gasteiger partial charge in [-0.2, -0.15) is 0 Å². The molecule has 3 aromatic rings.